The highest BCUT2D eigenvalue weighted by atomic mass is 16.5. The molecule has 0 heterocycles. The van der Waals surface area contributed by atoms with Gasteiger partial charge in [0.05, 0.1) is 26.2 Å². The van der Waals surface area contributed by atoms with E-state index in [2.05, 4.69) is 6.92 Å². The van der Waals surface area contributed by atoms with Gasteiger partial charge in [-0.15, -0.1) is 0 Å². The Morgan fingerprint density at radius 1 is 1.06 bits per heavy atom. The highest BCUT2D eigenvalue weighted by Crippen LogP contribution is 2.02. The second kappa shape index (κ2) is 12.3. The third-order valence-electron chi connectivity index (χ3n) is 2.57. The Kier molecular flexibility index (Phi) is 12.1. The van der Waals surface area contributed by atoms with Crippen LogP contribution in [0.1, 0.15) is 39.0 Å². The van der Waals surface area contributed by atoms with Crippen LogP contribution in [0.4, 0.5) is 0 Å². The van der Waals surface area contributed by atoms with Crippen LogP contribution in [0.5, 0.6) is 0 Å². The lowest BCUT2D eigenvalue weighted by Crippen LogP contribution is -2.36. The minimum Gasteiger partial charge on any atom is -0.389 e. The standard InChI is InChI=1S/C12H27NO4/c1-2-3-4-5-6-7-17-9-12(16)8-13(10-14)11-15/h12,14-16H,2-11H2,1H3. The molecule has 5 heteroatoms. The minimum atomic E-state index is -0.662. The molecule has 0 fully saturated rings. The molecule has 0 aromatic rings. The summed E-state index contributed by atoms with van der Waals surface area (Å²) in [6, 6.07) is 0. The van der Waals surface area contributed by atoms with Gasteiger partial charge >= 0.3 is 0 Å². The highest BCUT2D eigenvalue weighted by Gasteiger charge is 2.09. The largest absolute Gasteiger partial charge is 0.389 e. The van der Waals surface area contributed by atoms with Crippen molar-refractivity contribution in [1.29, 1.82) is 0 Å². The molecule has 0 rings (SSSR count). The molecule has 0 radical (unpaired) electrons. The van der Waals surface area contributed by atoms with Crippen LogP contribution >= 0.6 is 0 Å². The molecule has 0 aromatic carbocycles. The van der Waals surface area contributed by atoms with E-state index in [0.29, 0.717) is 6.61 Å². The van der Waals surface area contributed by atoms with Crippen LogP contribution in [0.3, 0.4) is 0 Å². The maximum absolute atomic E-state index is 9.53. The lowest BCUT2D eigenvalue weighted by molar-refractivity contribution is -0.0304. The van der Waals surface area contributed by atoms with Gasteiger partial charge < -0.3 is 20.1 Å². The van der Waals surface area contributed by atoms with E-state index in [0.717, 1.165) is 6.42 Å². The summed E-state index contributed by atoms with van der Waals surface area (Å²) in [5.41, 5.74) is 0. The summed E-state index contributed by atoms with van der Waals surface area (Å²) in [4.78, 5) is 1.33. The minimum absolute atomic E-state index is 0.225. The van der Waals surface area contributed by atoms with Gasteiger partial charge in [-0.1, -0.05) is 32.6 Å². The molecule has 104 valence electrons. The van der Waals surface area contributed by atoms with Gasteiger partial charge in [0.1, 0.15) is 0 Å². The van der Waals surface area contributed by atoms with E-state index in [-0.39, 0.29) is 26.6 Å². The van der Waals surface area contributed by atoms with E-state index in [1.807, 2.05) is 0 Å². The predicted molar refractivity (Wildman–Crippen MR) is 66.5 cm³/mol. The maximum Gasteiger partial charge on any atom is 0.0975 e. The quantitative estimate of drug-likeness (QED) is 0.348. The summed E-state index contributed by atoms with van der Waals surface area (Å²) in [6.07, 6.45) is 5.28. The van der Waals surface area contributed by atoms with Gasteiger partial charge in [-0.05, 0) is 6.42 Å². The fourth-order valence-electron chi connectivity index (χ4n) is 1.54. The summed E-state index contributed by atoms with van der Waals surface area (Å²) in [6.45, 7) is 2.81. The van der Waals surface area contributed by atoms with Crippen LogP contribution in [0.15, 0.2) is 0 Å². The number of nitrogens with zero attached hydrogens (tertiary/aromatic N) is 1. The second-order valence-electron chi connectivity index (χ2n) is 4.28. The van der Waals surface area contributed by atoms with Crippen molar-refractivity contribution in [1.82, 2.24) is 4.90 Å². The summed E-state index contributed by atoms with van der Waals surface area (Å²) in [5, 5.41) is 27.1. The third kappa shape index (κ3) is 10.7. The van der Waals surface area contributed by atoms with Crippen molar-refractivity contribution in [3.05, 3.63) is 0 Å². The molecule has 1 unspecified atom stereocenters. The van der Waals surface area contributed by atoms with Gasteiger partial charge in [0, 0.05) is 13.2 Å². The molecule has 0 aliphatic carbocycles. The molecule has 0 aromatic heterocycles. The molecule has 5 nitrogen and oxygen atoms in total. The number of aliphatic hydroxyl groups is 3. The molecule has 0 aliphatic heterocycles. The van der Waals surface area contributed by atoms with Gasteiger partial charge in [-0.3, -0.25) is 4.90 Å². The first-order valence-electron chi connectivity index (χ1n) is 6.44. The first kappa shape index (κ1) is 16.8. The van der Waals surface area contributed by atoms with Crippen molar-refractivity contribution in [3.8, 4) is 0 Å². The van der Waals surface area contributed by atoms with Crippen LogP contribution in [-0.4, -0.2) is 59.5 Å². The number of unbranched alkanes of at least 4 members (excludes halogenated alkanes) is 4. The zero-order valence-electron chi connectivity index (χ0n) is 10.8. The van der Waals surface area contributed by atoms with Gasteiger partial charge in [0.25, 0.3) is 0 Å². The fraction of sp³-hybridized carbons (Fsp3) is 1.00. The van der Waals surface area contributed by atoms with E-state index in [9.17, 15) is 5.11 Å². The first-order valence-corrected chi connectivity index (χ1v) is 6.44. The molecule has 1 atom stereocenters. The second-order valence-corrected chi connectivity index (χ2v) is 4.28. The van der Waals surface area contributed by atoms with Crippen molar-refractivity contribution >= 4 is 0 Å². The summed E-state index contributed by atoms with van der Waals surface area (Å²) < 4.78 is 5.33. The van der Waals surface area contributed by atoms with Crippen LogP contribution in [-0.2, 0) is 4.74 Å². The molecule has 0 aliphatic rings. The lowest BCUT2D eigenvalue weighted by Gasteiger charge is -2.20. The molecule has 0 saturated carbocycles. The monoisotopic (exact) mass is 249 g/mol. The number of aliphatic hydroxyl groups excluding tert-OH is 3. The van der Waals surface area contributed by atoms with E-state index in [1.165, 1.54) is 30.6 Å². The fourth-order valence-corrected chi connectivity index (χ4v) is 1.54. The maximum atomic E-state index is 9.53. The first-order chi connectivity index (χ1) is 8.24. The Morgan fingerprint density at radius 3 is 2.29 bits per heavy atom. The Balaban J connectivity index is 3.29. The molecule has 0 amide bonds. The van der Waals surface area contributed by atoms with Gasteiger partial charge in [-0.25, -0.2) is 0 Å². The Morgan fingerprint density at radius 2 is 1.71 bits per heavy atom. The van der Waals surface area contributed by atoms with E-state index < -0.39 is 6.10 Å². The normalized spacial score (nSPS) is 13.2. The summed E-state index contributed by atoms with van der Waals surface area (Å²) in [7, 11) is 0. The zero-order valence-corrected chi connectivity index (χ0v) is 10.8. The van der Waals surface area contributed by atoms with Gasteiger partial charge in [-0.2, -0.15) is 0 Å². The van der Waals surface area contributed by atoms with Crippen LogP contribution in [0, 0.1) is 0 Å². The van der Waals surface area contributed by atoms with Crippen molar-refractivity contribution in [2.24, 2.45) is 0 Å². The predicted octanol–water partition coefficient (Wildman–Crippen LogP) is 0.536. The summed E-state index contributed by atoms with van der Waals surface area (Å²) >= 11 is 0. The topological polar surface area (TPSA) is 73.2 Å². The lowest BCUT2D eigenvalue weighted by atomic mass is 10.2. The van der Waals surface area contributed by atoms with Crippen molar-refractivity contribution in [2.75, 3.05) is 33.2 Å². The van der Waals surface area contributed by atoms with E-state index in [4.69, 9.17) is 14.9 Å². The van der Waals surface area contributed by atoms with Gasteiger partial charge in [0.15, 0.2) is 0 Å². The molecule has 0 saturated heterocycles. The molecule has 0 bridgehead atoms. The van der Waals surface area contributed by atoms with Crippen LogP contribution in [0.25, 0.3) is 0 Å². The van der Waals surface area contributed by atoms with Gasteiger partial charge in [0.2, 0.25) is 0 Å². The zero-order chi connectivity index (χ0) is 12.9. The number of ether oxygens (including phenoxy) is 1. The van der Waals surface area contributed by atoms with E-state index in [1.54, 1.807) is 0 Å². The Bertz CT molecular complexity index is 153. The summed E-state index contributed by atoms with van der Waals surface area (Å²) in [5.74, 6) is 0. The van der Waals surface area contributed by atoms with E-state index >= 15 is 0 Å². The van der Waals surface area contributed by atoms with Crippen molar-refractivity contribution in [2.45, 2.75) is 45.1 Å². The highest BCUT2D eigenvalue weighted by molar-refractivity contribution is 4.58. The Labute approximate surface area is 104 Å². The number of rotatable bonds is 12. The SMILES string of the molecule is CCCCCCCOCC(O)CN(CO)CO. The van der Waals surface area contributed by atoms with Crippen LogP contribution in [0.2, 0.25) is 0 Å². The third-order valence-corrected chi connectivity index (χ3v) is 2.57. The average Bonchev–Trinajstić information content (AvgIpc) is 2.34. The average molecular weight is 249 g/mol. The molecule has 0 spiro atoms. The Hall–Kier alpha value is -0.200. The van der Waals surface area contributed by atoms with Crippen molar-refractivity contribution in [3.63, 3.8) is 0 Å². The molecular weight excluding hydrogens is 222 g/mol. The molecule has 3 N–H and O–H groups in total. The smallest absolute Gasteiger partial charge is 0.0975 e. The number of hydrogen-bond donors (Lipinski definition) is 3. The van der Waals surface area contributed by atoms with Crippen molar-refractivity contribution < 1.29 is 20.1 Å². The van der Waals surface area contributed by atoms with Crippen LogP contribution < -0.4 is 0 Å². The molecule has 17 heavy (non-hydrogen) atoms. The number of hydrogen-bond acceptors (Lipinski definition) is 5. The molecular formula is C12H27NO4.